The molecule has 6 heteroatoms. The maximum Gasteiger partial charge on any atom is 0.239 e. The molecule has 1 aromatic heterocycles. The quantitative estimate of drug-likeness (QED) is 0.502. The van der Waals surface area contributed by atoms with Gasteiger partial charge in [-0.2, -0.15) is 16.7 Å². The number of aromatic nitrogens is 2. The van der Waals surface area contributed by atoms with Gasteiger partial charge in [-0.05, 0) is 18.7 Å². The summed E-state index contributed by atoms with van der Waals surface area (Å²) >= 11 is 1.82. The maximum absolute atomic E-state index is 5.23. The van der Waals surface area contributed by atoms with Crippen LogP contribution in [-0.2, 0) is 0 Å². The van der Waals surface area contributed by atoms with Crippen molar-refractivity contribution >= 4 is 23.5 Å². The van der Waals surface area contributed by atoms with Gasteiger partial charge in [0.15, 0.2) is 0 Å². The summed E-state index contributed by atoms with van der Waals surface area (Å²) in [7, 11) is 0. The Hall–Kier alpha value is -1.01. The zero-order valence-electron chi connectivity index (χ0n) is 9.03. The fourth-order valence-corrected chi connectivity index (χ4v) is 1.90. The smallest absolute Gasteiger partial charge is 0.239 e. The molecule has 1 aromatic rings. The summed E-state index contributed by atoms with van der Waals surface area (Å²) < 4.78 is 0. The molecular weight excluding hydrogens is 210 g/mol. The Morgan fingerprint density at radius 2 is 2.40 bits per heavy atom. The molecule has 0 bridgehead atoms. The van der Waals surface area contributed by atoms with Crippen LogP contribution >= 0.6 is 11.8 Å². The van der Waals surface area contributed by atoms with E-state index in [1.807, 2.05) is 17.8 Å². The summed E-state index contributed by atoms with van der Waals surface area (Å²) in [6, 6.07) is 2.27. The third kappa shape index (κ3) is 3.93. The lowest BCUT2D eigenvalue weighted by molar-refractivity contribution is 0.769. The number of nitrogens with two attached hydrogens (primary N) is 1. The van der Waals surface area contributed by atoms with Gasteiger partial charge in [0.1, 0.15) is 5.82 Å². The van der Waals surface area contributed by atoms with Crippen LogP contribution in [-0.4, -0.2) is 28.0 Å². The molecule has 0 aromatic carbocycles. The largest absolute Gasteiger partial charge is 0.366 e. The Morgan fingerprint density at radius 1 is 1.60 bits per heavy atom. The second-order valence-electron chi connectivity index (χ2n) is 3.11. The van der Waals surface area contributed by atoms with Gasteiger partial charge in [-0.15, -0.1) is 0 Å². The first-order valence-electron chi connectivity index (χ1n) is 4.85. The van der Waals surface area contributed by atoms with E-state index in [4.69, 9.17) is 5.84 Å². The second-order valence-corrected chi connectivity index (χ2v) is 4.03. The van der Waals surface area contributed by atoms with Crippen LogP contribution in [0.15, 0.2) is 12.3 Å². The number of nitrogens with zero attached hydrogens (tertiary/aromatic N) is 2. The number of hydrogen-bond donors (Lipinski definition) is 3. The van der Waals surface area contributed by atoms with Crippen LogP contribution in [0, 0.1) is 0 Å². The van der Waals surface area contributed by atoms with Crippen molar-refractivity contribution in [2.24, 2.45) is 5.84 Å². The van der Waals surface area contributed by atoms with Gasteiger partial charge in [0.25, 0.3) is 0 Å². The number of thioether (sulfide) groups is 1. The highest BCUT2D eigenvalue weighted by Gasteiger charge is 2.06. The highest BCUT2D eigenvalue weighted by atomic mass is 32.2. The van der Waals surface area contributed by atoms with Crippen LogP contribution in [0.4, 0.5) is 11.8 Å². The minimum atomic E-state index is 0.430. The molecule has 0 spiro atoms. The third-order valence-corrected chi connectivity index (χ3v) is 2.73. The molecule has 0 radical (unpaired) electrons. The van der Waals surface area contributed by atoms with Crippen LogP contribution in [0.5, 0.6) is 0 Å². The van der Waals surface area contributed by atoms with Gasteiger partial charge < -0.3 is 5.32 Å². The average Bonchev–Trinajstić information content (AvgIpc) is 2.29. The lowest BCUT2D eigenvalue weighted by Crippen LogP contribution is -2.22. The van der Waals surface area contributed by atoms with Crippen molar-refractivity contribution in [1.29, 1.82) is 0 Å². The lowest BCUT2D eigenvalue weighted by atomic mass is 10.2. The van der Waals surface area contributed by atoms with E-state index in [1.54, 1.807) is 6.20 Å². The molecule has 0 saturated heterocycles. The number of hydrogen-bond acceptors (Lipinski definition) is 6. The lowest BCUT2D eigenvalue weighted by Gasteiger charge is -2.16. The van der Waals surface area contributed by atoms with Crippen molar-refractivity contribution in [1.82, 2.24) is 9.97 Å². The molecule has 1 heterocycles. The standard InChI is InChI=1S/C9H17N5S/c1-3-7(6-15-2)12-8-4-5-11-9(13-8)14-10/h4-5,7H,3,6,10H2,1-2H3,(H2,11,12,13,14). The summed E-state index contributed by atoms with van der Waals surface area (Å²) in [5, 5.41) is 3.34. The highest BCUT2D eigenvalue weighted by molar-refractivity contribution is 7.98. The van der Waals surface area contributed by atoms with E-state index in [-0.39, 0.29) is 0 Å². The molecular formula is C9H17N5S. The van der Waals surface area contributed by atoms with E-state index < -0.39 is 0 Å². The van der Waals surface area contributed by atoms with Crippen molar-refractivity contribution in [3.63, 3.8) is 0 Å². The Kier molecular flexibility index (Phi) is 5.20. The molecule has 0 aliphatic heterocycles. The van der Waals surface area contributed by atoms with Crippen LogP contribution in [0.25, 0.3) is 0 Å². The Morgan fingerprint density at radius 3 is 3.00 bits per heavy atom. The Labute approximate surface area is 94.2 Å². The Balaban J connectivity index is 2.61. The van der Waals surface area contributed by atoms with E-state index in [0.29, 0.717) is 12.0 Å². The van der Waals surface area contributed by atoms with Crippen LogP contribution in [0.3, 0.4) is 0 Å². The SMILES string of the molecule is CCC(CSC)Nc1ccnc(NN)n1. The Bertz CT molecular complexity index is 294. The molecule has 0 fully saturated rings. The van der Waals surface area contributed by atoms with Gasteiger partial charge in [-0.25, -0.2) is 10.8 Å². The number of anilines is 2. The zero-order chi connectivity index (χ0) is 11.1. The van der Waals surface area contributed by atoms with Gasteiger partial charge in [0, 0.05) is 18.0 Å². The zero-order valence-corrected chi connectivity index (χ0v) is 9.84. The number of nitrogens with one attached hydrogen (secondary N) is 2. The minimum Gasteiger partial charge on any atom is -0.366 e. The fourth-order valence-electron chi connectivity index (χ4n) is 1.18. The molecule has 1 rings (SSSR count). The number of hydrazine groups is 1. The first-order valence-corrected chi connectivity index (χ1v) is 6.24. The fraction of sp³-hybridized carbons (Fsp3) is 0.556. The summed E-state index contributed by atoms with van der Waals surface area (Å²) in [6.07, 6.45) is 4.84. The molecule has 0 saturated carbocycles. The summed E-state index contributed by atoms with van der Waals surface area (Å²) in [6.45, 7) is 2.15. The van der Waals surface area contributed by atoms with Gasteiger partial charge in [-0.3, -0.25) is 5.43 Å². The molecule has 0 aliphatic carbocycles. The minimum absolute atomic E-state index is 0.430. The molecule has 4 N–H and O–H groups in total. The maximum atomic E-state index is 5.23. The van der Waals surface area contributed by atoms with E-state index in [2.05, 4.69) is 33.9 Å². The second kappa shape index (κ2) is 6.47. The summed E-state index contributed by atoms with van der Waals surface area (Å²) in [4.78, 5) is 8.14. The van der Waals surface area contributed by atoms with E-state index in [0.717, 1.165) is 18.0 Å². The molecule has 84 valence electrons. The van der Waals surface area contributed by atoms with Gasteiger partial charge in [0.2, 0.25) is 5.95 Å². The van der Waals surface area contributed by atoms with Gasteiger partial charge in [-0.1, -0.05) is 6.92 Å². The molecule has 15 heavy (non-hydrogen) atoms. The average molecular weight is 227 g/mol. The normalized spacial score (nSPS) is 12.2. The van der Waals surface area contributed by atoms with Crippen molar-refractivity contribution in [3.8, 4) is 0 Å². The molecule has 0 aliphatic rings. The van der Waals surface area contributed by atoms with Crippen molar-refractivity contribution in [2.75, 3.05) is 22.8 Å². The van der Waals surface area contributed by atoms with E-state index in [1.165, 1.54) is 0 Å². The van der Waals surface area contributed by atoms with Gasteiger partial charge in [0.05, 0.1) is 0 Å². The van der Waals surface area contributed by atoms with Gasteiger partial charge >= 0.3 is 0 Å². The molecule has 0 amide bonds. The first kappa shape index (κ1) is 12.1. The van der Waals surface area contributed by atoms with Crippen LogP contribution in [0.1, 0.15) is 13.3 Å². The third-order valence-electron chi connectivity index (χ3n) is 2.00. The molecule has 1 unspecified atom stereocenters. The topological polar surface area (TPSA) is 75.9 Å². The van der Waals surface area contributed by atoms with Crippen LogP contribution < -0.4 is 16.6 Å². The monoisotopic (exact) mass is 227 g/mol. The van der Waals surface area contributed by atoms with E-state index in [9.17, 15) is 0 Å². The predicted octanol–water partition coefficient (Wildman–Crippen LogP) is 1.32. The molecule has 1 atom stereocenters. The first-order chi connectivity index (χ1) is 7.30. The summed E-state index contributed by atoms with van der Waals surface area (Å²) in [5.74, 6) is 7.53. The number of rotatable bonds is 6. The summed E-state index contributed by atoms with van der Waals surface area (Å²) in [5.41, 5.74) is 2.42. The molecule has 5 nitrogen and oxygen atoms in total. The highest BCUT2D eigenvalue weighted by Crippen LogP contribution is 2.10. The van der Waals surface area contributed by atoms with Crippen molar-refractivity contribution in [2.45, 2.75) is 19.4 Å². The van der Waals surface area contributed by atoms with Crippen LogP contribution in [0.2, 0.25) is 0 Å². The van der Waals surface area contributed by atoms with Crippen molar-refractivity contribution in [3.05, 3.63) is 12.3 Å². The van der Waals surface area contributed by atoms with Crippen molar-refractivity contribution < 1.29 is 0 Å². The predicted molar refractivity (Wildman–Crippen MR) is 65.9 cm³/mol. The number of nitrogen functional groups attached to an aromatic ring is 1. The van der Waals surface area contributed by atoms with E-state index >= 15 is 0 Å².